The molecule has 1 rings (SSSR count). The molecule has 0 unspecified atom stereocenters. The summed E-state index contributed by atoms with van der Waals surface area (Å²) in [4.78, 5) is 11.6. The van der Waals surface area contributed by atoms with Crippen LogP contribution in [0.1, 0.15) is 24.8 Å². The van der Waals surface area contributed by atoms with Gasteiger partial charge in [0.1, 0.15) is 0 Å². The molecule has 4 heteroatoms. The van der Waals surface area contributed by atoms with Gasteiger partial charge < -0.3 is 5.32 Å². The maximum atomic E-state index is 11.6. The number of carbonyl (C=O) groups is 1. The Morgan fingerprint density at radius 1 is 1.24 bits per heavy atom. The first-order chi connectivity index (χ1) is 8.22. The minimum atomic E-state index is 0.0399. The molecule has 1 N–H and O–H groups in total. The van der Waals surface area contributed by atoms with E-state index in [9.17, 15) is 4.79 Å². The number of benzene rings is 1. The van der Waals surface area contributed by atoms with Crippen molar-refractivity contribution in [3.8, 4) is 0 Å². The molecule has 0 bridgehead atoms. The van der Waals surface area contributed by atoms with Gasteiger partial charge in [-0.2, -0.15) is 0 Å². The number of alkyl halides is 1. The zero-order valence-corrected chi connectivity index (χ0v) is 11.2. The third kappa shape index (κ3) is 6.54. The van der Waals surface area contributed by atoms with E-state index in [0.717, 1.165) is 31.4 Å². The van der Waals surface area contributed by atoms with Crippen LogP contribution in [-0.2, 0) is 11.2 Å². The lowest BCUT2D eigenvalue weighted by atomic mass is 10.1. The first-order valence-electron chi connectivity index (χ1n) is 5.79. The second kappa shape index (κ2) is 8.37. The maximum absolute atomic E-state index is 11.6. The van der Waals surface area contributed by atoms with Gasteiger partial charge in [-0.05, 0) is 30.5 Å². The first-order valence-corrected chi connectivity index (χ1v) is 6.70. The van der Waals surface area contributed by atoms with Crippen molar-refractivity contribution in [2.24, 2.45) is 0 Å². The summed E-state index contributed by atoms with van der Waals surface area (Å²) in [6, 6.07) is 7.37. The van der Waals surface area contributed by atoms with Crippen molar-refractivity contribution < 1.29 is 4.79 Å². The summed E-state index contributed by atoms with van der Waals surface area (Å²) in [5.74, 6) is 0.731. The molecule has 0 spiro atoms. The lowest BCUT2D eigenvalue weighted by Gasteiger charge is -2.05. The van der Waals surface area contributed by atoms with E-state index in [-0.39, 0.29) is 5.91 Å². The number of carbonyl (C=O) groups excluding carboxylic acids is 1. The maximum Gasteiger partial charge on any atom is 0.224 e. The normalized spacial score (nSPS) is 10.2. The summed E-state index contributed by atoms with van der Waals surface area (Å²) in [6.07, 6.45) is 3.43. The zero-order valence-electron chi connectivity index (χ0n) is 9.72. The van der Waals surface area contributed by atoms with E-state index in [1.54, 1.807) is 6.07 Å². The minimum Gasteiger partial charge on any atom is -0.356 e. The van der Waals surface area contributed by atoms with Gasteiger partial charge in [0.2, 0.25) is 5.91 Å². The zero-order chi connectivity index (χ0) is 12.5. The van der Waals surface area contributed by atoms with Crippen LogP contribution in [0.15, 0.2) is 24.3 Å². The first kappa shape index (κ1) is 14.3. The summed E-state index contributed by atoms with van der Waals surface area (Å²) >= 11 is 11.4. The smallest absolute Gasteiger partial charge is 0.224 e. The van der Waals surface area contributed by atoms with E-state index in [1.807, 2.05) is 18.2 Å². The Morgan fingerprint density at radius 3 is 2.76 bits per heavy atom. The molecule has 0 aromatic heterocycles. The van der Waals surface area contributed by atoms with Gasteiger partial charge in [0, 0.05) is 17.4 Å². The van der Waals surface area contributed by atoms with Gasteiger partial charge in [-0.1, -0.05) is 30.2 Å². The SMILES string of the molecule is O=C(Cc1cccc(Cl)c1)NCCCCCCl. The third-order valence-corrected chi connectivity index (χ3v) is 2.89. The van der Waals surface area contributed by atoms with Crippen molar-refractivity contribution in [1.29, 1.82) is 0 Å². The van der Waals surface area contributed by atoms with Crippen molar-refractivity contribution in [3.05, 3.63) is 34.9 Å². The summed E-state index contributed by atoms with van der Waals surface area (Å²) in [6.45, 7) is 0.719. The molecular formula is C13H17Cl2NO. The fourth-order valence-corrected chi connectivity index (χ4v) is 1.92. The highest BCUT2D eigenvalue weighted by molar-refractivity contribution is 6.30. The Bertz CT molecular complexity index is 355. The van der Waals surface area contributed by atoms with Crippen LogP contribution in [0.25, 0.3) is 0 Å². The molecule has 0 fully saturated rings. The van der Waals surface area contributed by atoms with Gasteiger partial charge in [-0.25, -0.2) is 0 Å². The molecule has 0 aliphatic carbocycles. The number of amides is 1. The molecule has 1 amide bonds. The highest BCUT2D eigenvalue weighted by atomic mass is 35.5. The number of hydrogen-bond acceptors (Lipinski definition) is 1. The summed E-state index contributed by atoms with van der Waals surface area (Å²) < 4.78 is 0. The molecule has 0 heterocycles. The Balaban J connectivity index is 2.21. The summed E-state index contributed by atoms with van der Waals surface area (Å²) in [7, 11) is 0. The molecule has 0 aliphatic rings. The molecule has 94 valence electrons. The van der Waals surface area contributed by atoms with Crippen LogP contribution >= 0.6 is 23.2 Å². The predicted octanol–water partition coefficient (Wildman–Crippen LogP) is 3.41. The molecule has 0 atom stereocenters. The summed E-state index contributed by atoms with van der Waals surface area (Å²) in [5, 5.41) is 3.55. The molecule has 17 heavy (non-hydrogen) atoms. The quantitative estimate of drug-likeness (QED) is 0.599. The predicted molar refractivity (Wildman–Crippen MR) is 72.7 cm³/mol. The van der Waals surface area contributed by atoms with Crippen LogP contribution in [-0.4, -0.2) is 18.3 Å². The van der Waals surface area contributed by atoms with Crippen molar-refractivity contribution in [2.75, 3.05) is 12.4 Å². The van der Waals surface area contributed by atoms with Crippen molar-refractivity contribution >= 4 is 29.1 Å². The van der Waals surface area contributed by atoms with Gasteiger partial charge in [0.25, 0.3) is 0 Å². The molecule has 0 saturated heterocycles. The van der Waals surface area contributed by atoms with E-state index in [1.165, 1.54) is 0 Å². The van der Waals surface area contributed by atoms with Gasteiger partial charge >= 0.3 is 0 Å². The largest absolute Gasteiger partial charge is 0.356 e. The molecule has 2 nitrogen and oxygen atoms in total. The Labute approximate surface area is 112 Å². The second-order valence-corrected chi connectivity index (χ2v) is 4.72. The van der Waals surface area contributed by atoms with Gasteiger partial charge in [0.05, 0.1) is 6.42 Å². The van der Waals surface area contributed by atoms with Gasteiger partial charge in [-0.15, -0.1) is 11.6 Å². The van der Waals surface area contributed by atoms with E-state index < -0.39 is 0 Å². The van der Waals surface area contributed by atoms with E-state index >= 15 is 0 Å². The number of hydrogen-bond donors (Lipinski definition) is 1. The average molecular weight is 274 g/mol. The fourth-order valence-electron chi connectivity index (χ4n) is 1.52. The van der Waals surface area contributed by atoms with Crippen molar-refractivity contribution in [2.45, 2.75) is 25.7 Å². The van der Waals surface area contributed by atoms with Crippen LogP contribution in [0.5, 0.6) is 0 Å². The van der Waals surface area contributed by atoms with Gasteiger partial charge in [-0.3, -0.25) is 4.79 Å². The molecule has 0 radical (unpaired) electrons. The Kier molecular flexibility index (Phi) is 7.06. The minimum absolute atomic E-state index is 0.0399. The van der Waals surface area contributed by atoms with E-state index in [0.29, 0.717) is 17.3 Å². The number of unbranched alkanes of at least 4 members (excludes halogenated alkanes) is 2. The van der Waals surface area contributed by atoms with Crippen LogP contribution in [0, 0.1) is 0 Å². The second-order valence-electron chi connectivity index (χ2n) is 3.91. The van der Waals surface area contributed by atoms with Crippen molar-refractivity contribution in [3.63, 3.8) is 0 Å². The average Bonchev–Trinajstić information content (AvgIpc) is 2.29. The van der Waals surface area contributed by atoms with Gasteiger partial charge in [0.15, 0.2) is 0 Å². The Morgan fingerprint density at radius 2 is 2.06 bits per heavy atom. The monoisotopic (exact) mass is 273 g/mol. The molecule has 0 saturated carbocycles. The van der Waals surface area contributed by atoms with Crippen LogP contribution < -0.4 is 5.32 Å². The number of nitrogens with one attached hydrogen (secondary N) is 1. The standard InChI is InChI=1S/C13H17Cl2NO/c14-7-2-1-3-8-16-13(17)10-11-5-4-6-12(15)9-11/h4-6,9H,1-3,7-8,10H2,(H,16,17). The fraction of sp³-hybridized carbons (Fsp3) is 0.462. The number of halogens is 2. The molecule has 1 aromatic carbocycles. The van der Waals surface area contributed by atoms with Crippen LogP contribution in [0.2, 0.25) is 5.02 Å². The van der Waals surface area contributed by atoms with Crippen LogP contribution in [0.4, 0.5) is 0 Å². The molecule has 0 aliphatic heterocycles. The Hall–Kier alpha value is -0.730. The highest BCUT2D eigenvalue weighted by Crippen LogP contribution is 2.10. The van der Waals surface area contributed by atoms with Crippen molar-refractivity contribution in [1.82, 2.24) is 5.32 Å². The van der Waals surface area contributed by atoms with Crippen LogP contribution in [0.3, 0.4) is 0 Å². The van der Waals surface area contributed by atoms with E-state index in [4.69, 9.17) is 23.2 Å². The lowest BCUT2D eigenvalue weighted by molar-refractivity contribution is -0.120. The van der Waals surface area contributed by atoms with E-state index in [2.05, 4.69) is 5.32 Å². The lowest BCUT2D eigenvalue weighted by Crippen LogP contribution is -2.26. The summed E-state index contributed by atoms with van der Waals surface area (Å²) in [5.41, 5.74) is 0.941. The third-order valence-electron chi connectivity index (χ3n) is 2.39. The number of rotatable bonds is 7. The molecular weight excluding hydrogens is 257 g/mol. The topological polar surface area (TPSA) is 29.1 Å². The highest BCUT2D eigenvalue weighted by Gasteiger charge is 2.02. The molecule has 1 aromatic rings.